The number of rotatable bonds is 1. The molecule has 0 atom stereocenters. The molecule has 0 saturated heterocycles. The molecule has 0 fully saturated rings. The van der Waals surface area contributed by atoms with Crippen LogP contribution in [-0.4, -0.2) is 15.0 Å². The van der Waals surface area contributed by atoms with Gasteiger partial charge in [-0.15, -0.1) is 0 Å². The van der Waals surface area contributed by atoms with E-state index in [0.717, 1.165) is 5.56 Å². The van der Waals surface area contributed by atoms with Crippen LogP contribution in [0.5, 0.6) is 0 Å². The predicted molar refractivity (Wildman–Crippen MR) is 48.1 cm³/mol. The van der Waals surface area contributed by atoms with E-state index in [-0.39, 0.29) is 5.69 Å². The molecule has 2 aromatic heterocycles. The molecule has 2 aromatic rings. The zero-order valence-corrected chi connectivity index (χ0v) is 6.77. The fourth-order valence-electron chi connectivity index (χ4n) is 1.05. The van der Waals surface area contributed by atoms with E-state index in [0.29, 0.717) is 5.69 Å². The Balaban J connectivity index is 2.54. The highest BCUT2D eigenvalue weighted by Crippen LogP contribution is 2.11. The quantitative estimate of drug-likeness (QED) is 0.694. The van der Waals surface area contributed by atoms with Crippen molar-refractivity contribution in [3.05, 3.63) is 47.3 Å². The van der Waals surface area contributed by atoms with E-state index in [2.05, 4.69) is 15.0 Å². The summed E-state index contributed by atoms with van der Waals surface area (Å²) in [5, 5.41) is 0. The minimum absolute atomic E-state index is 0.339. The third-order valence-corrected chi connectivity index (χ3v) is 1.65. The molecular formula is C9H7N3O. The first-order chi connectivity index (χ1) is 6.36. The van der Waals surface area contributed by atoms with Gasteiger partial charge in [0.2, 0.25) is 0 Å². The van der Waals surface area contributed by atoms with Crippen molar-refractivity contribution in [3.63, 3.8) is 0 Å². The highest BCUT2D eigenvalue weighted by atomic mass is 16.1. The van der Waals surface area contributed by atoms with Crippen LogP contribution in [0.1, 0.15) is 0 Å². The molecule has 13 heavy (non-hydrogen) atoms. The van der Waals surface area contributed by atoms with Gasteiger partial charge >= 0.3 is 5.69 Å². The Morgan fingerprint density at radius 1 is 1.15 bits per heavy atom. The van der Waals surface area contributed by atoms with Crippen LogP contribution < -0.4 is 5.69 Å². The first kappa shape index (κ1) is 7.67. The standard InChI is InChI=1S/C9H7N3O/c13-9-11-6-3-8(12-9)7-1-4-10-5-2-7/h1-6H,(H,11,12,13). The Morgan fingerprint density at radius 3 is 2.62 bits per heavy atom. The number of hydrogen-bond acceptors (Lipinski definition) is 3. The van der Waals surface area contributed by atoms with Crippen LogP contribution in [0.2, 0.25) is 0 Å². The van der Waals surface area contributed by atoms with Crippen molar-refractivity contribution in [1.82, 2.24) is 15.0 Å². The molecule has 0 radical (unpaired) electrons. The Labute approximate surface area is 74.3 Å². The molecule has 0 aromatic carbocycles. The zero-order valence-electron chi connectivity index (χ0n) is 6.77. The minimum Gasteiger partial charge on any atom is -0.313 e. The molecule has 4 heteroatoms. The average Bonchev–Trinajstić information content (AvgIpc) is 2.19. The summed E-state index contributed by atoms with van der Waals surface area (Å²) < 4.78 is 0. The zero-order chi connectivity index (χ0) is 9.10. The van der Waals surface area contributed by atoms with Crippen molar-refractivity contribution in [2.45, 2.75) is 0 Å². The lowest BCUT2D eigenvalue weighted by molar-refractivity contribution is 1.08. The Kier molecular flexibility index (Phi) is 1.88. The van der Waals surface area contributed by atoms with E-state index in [1.807, 2.05) is 12.1 Å². The van der Waals surface area contributed by atoms with Gasteiger partial charge in [0.05, 0.1) is 5.69 Å². The van der Waals surface area contributed by atoms with Gasteiger partial charge in [0.25, 0.3) is 0 Å². The fraction of sp³-hybridized carbons (Fsp3) is 0. The van der Waals surface area contributed by atoms with Crippen LogP contribution in [0.25, 0.3) is 11.3 Å². The number of nitrogens with one attached hydrogen (secondary N) is 1. The van der Waals surface area contributed by atoms with Gasteiger partial charge in [-0.1, -0.05) is 0 Å². The van der Waals surface area contributed by atoms with Gasteiger partial charge < -0.3 is 4.98 Å². The van der Waals surface area contributed by atoms with Gasteiger partial charge in [0, 0.05) is 24.2 Å². The van der Waals surface area contributed by atoms with Crippen molar-refractivity contribution in [3.8, 4) is 11.3 Å². The van der Waals surface area contributed by atoms with Crippen molar-refractivity contribution in [1.29, 1.82) is 0 Å². The van der Waals surface area contributed by atoms with Gasteiger partial charge in [-0.05, 0) is 18.2 Å². The topological polar surface area (TPSA) is 58.6 Å². The van der Waals surface area contributed by atoms with Crippen molar-refractivity contribution in [2.24, 2.45) is 0 Å². The number of H-pyrrole nitrogens is 1. The minimum atomic E-state index is -0.339. The van der Waals surface area contributed by atoms with E-state index < -0.39 is 0 Å². The molecule has 0 spiro atoms. The first-order valence-corrected chi connectivity index (χ1v) is 3.82. The smallest absolute Gasteiger partial charge is 0.313 e. The van der Waals surface area contributed by atoms with E-state index >= 15 is 0 Å². The van der Waals surface area contributed by atoms with Crippen molar-refractivity contribution < 1.29 is 0 Å². The molecule has 1 N–H and O–H groups in total. The second-order valence-corrected chi connectivity index (χ2v) is 2.52. The molecule has 2 rings (SSSR count). The monoisotopic (exact) mass is 173 g/mol. The van der Waals surface area contributed by atoms with Gasteiger partial charge in [0.1, 0.15) is 0 Å². The lowest BCUT2D eigenvalue weighted by atomic mass is 10.2. The maximum absolute atomic E-state index is 10.9. The maximum Gasteiger partial charge on any atom is 0.345 e. The van der Waals surface area contributed by atoms with Crippen LogP contribution >= 0.6 is 0 Å². The second-order valence-electron chi connectivity index (χ2n) is 2.52. The summed E-state index contributed by atoms with van der Waals surface area (Å²) in [4.78, 5) is 21.0. The third-order valence-electron chi connectivity index (χ3n) is 1.65. The predicted octanol–water partition coefficient (Wildman–Crippen LogP) is 0.832. The van der Waals surface area contributed by atoms with Crippen molar-refractivity contribution in [2.75, 3.05) is 0 Å². The molecule has 2 heterocycles. The Morgan fingerprint density at radius 2 is 1.92 bits per heavy atom. The molecule has 64 valence electrons. The summed E-state index contributed by atoms with van der Waals surface area (Å²) in [7, 11) is 0. The van der Waals surface area contributed by atoms with Crippen LogP contribution in [0.4, 0.5) is 0 Å². The fourth-order valence-corrected chi connectivity index (χ4v) is 1.05. The second kappa shape index (κ2) is 3.18. The van der Waals surface area contributed by atoms with Crippen molar-refractivity contribution >= 4 is 0 Å². The number of aromatic amines is 1. The van der Waals surface area contributed by atoms with Crippen LogP contribution in [0.3, 0.4) is 0 Å². The number of nitrogens with zero attached hydrogens (tertiary/aromatic N) is 2. The number of aromatic nitrogens is 3. The molecule has 0 unspecified atom stereocenters. The molecule has 0 saturated carbocycles. The molecule has 0 aliphatic heterocycles. The first-order valence-electron chi connectivity index (χ1n) is 3.82. The Hall–Kier alpha value is -1.97. The molecular weight excluding hydrogens is 166 g/mol. The maximum atomic E-state index is 10.9. The van der Waals surface area contributed by atoms with E-state index in [4.69, 9.17) is 0 Å². The largest absolute Gasteiger partial charge is 0.345 e. The normalized spacial score (nSPS) is 9.85. The van der Waals surface area contributed by atoms with Gasteiger partial charge in [0.15, 0.2) is 0 Å². The van der Waals surface area contributed by atoms with Gasteiger partial charge in [-0.25, -0.2) is 4.79 Å². The lowest BCUT2D eigenvalue weighted by Crippen LogP contribution is -2.09. The summed E-state index contributed by atoms with van der Waals surface area (Å²) in [6.07, 6.45) is 4.90. The van der Waals surface area contributed by atoms with E-state index in [1.165, 1.54) is 0 Å². The number of hydrogen-bond donors (Lipinski definition) is 1. The van der Waals surface area contributed by atoms with Gasteiger partial charge in [-0.2, -0.15) is 4.98 Å². The molecule has 0 bridgehead atoms. The van der Waals surface area contributed by atoms with Crippen LogP contribution in [0, 0.1) is 0 Å². The number of pyridine rings is 1. The summed E-state index contributed by atoms with van der Waals surface area (Å²) >= 11 is 0. The molecule has 0 aliphatic rings. The summed E-state index contributed by atoms with van der Waals surface area (Å²) in [5.74, 6) is 0. The average molecular weight is 173 g/mol. The molecule has 4 nitrogen and oxygen atoms in total. The van der Waals surface area contributed by atoms with Crippen LogP contribution in [0.15, 0.2) is 41.6 Å². The lowest BCUT2D eigenvalue weighted by Gasteiger charge is -1.96. The third kappa shape index (κ3) is 1.61. The van der Waals surface area contributed by atoms with Crippen LogP contribution in [-0.2, 0) is 0 Å². The Bertz CT molecular complexity index is 450. The molecule has 0 amide bonds. The SMILES string of the molecule is O=c1nc(-c2ccncc2)cc[nH]1. The highest BCUT2D eigenvalue weighted by Gasteiger charge is 1.97. The van der Waals surface area contributed by atoms with E-state index in [9.17, 15) is 4.79 Å². The van der Waals surface area contributed by atoms with E-state index in [1.54, 1.807) is 24.7 Å². The molecule has 0 aliphatic carbocycles. The summed E-state index contributed by atoms with van der Waals surface area (Å²) in [5.41, 5.74) is 1.21. The van der Waals surface area contributed by atoms with Gasteiger partial charge in [-0.3, -0.25) is 4.98 Å². The highest BCUT2D eigenvalue weighted by molar-refractivity contribution is 5.56. The summed E-state index contributed by atoms with van der Waals surface area (Å²) in [6.45, 7) is 0. The summed E-state index contributed by atoms with van der Waals surface area (Å²) in [6, 6.07) is 5.36.